The lowest BCUT2D eigenvalue weighted by atomic mass is 10.1. The van der Waals surface area contributed by atoms with E-state index in [0.29, 0.717) is 6.04 Å². The van der Waals surface area contributed by atoms with Gasteiger partial charge in [-0.3, -0.25) is 0 Å². The molecule has 1 heterocycles. The molecule has 0 fully saturated rings. The molecule has 3 heteroatoms. The molecule has 0 aliphatic carbocycles. The molecule has 2 unspecified atom stereocenters. The maximum atomic E-state index is 9.44. The summed E-state index contributed by atoms with van der Waals surface area (Å²) in [5.74, 6) is 0. The van der Waals surface area contributed by atoms with Crippen molar-refractivity contribution in [3.63, 3.8) is 0 Å². The molecule has 1 aromatic rings. The molecular weight excluding hydrogens is 218 g/mol. The number of hydrogen-bond donors (Lipinski definition) is 2. The van der Waals surface area contributed by atoms with E-state index in [4.69, 9.17) is 0 Å². The molecule has 2 N–H and O–H groups in total. The van der Waals surface area contributed by atoms with Gasteiger partial charge in [0.15, 0.2) is 0 Å². The molecule has 0 spiro atoms. The van der Waals surface area contributed by atoms with Crippen LogP contribution in [0.2, 0.25) is 0 Å². The third-order valence-electron chi connectivity index (χ3n) is 2.88. The Morgan fingerprint density at radius 2 is 2.25 bits per heavy atom. The first kappa shape index (κ1) is 13.7. The maximum absolute atomic E-state index is 9.44. The van der Waals surface area contributed by atoms with Crippen LogP contribution in [-0.4, -0.2) is 17.8 Å². The monoisotopic (exact) mass is 241 g/mol. The maximum Gasteiger partial charge on any atom is 0.0654 e. The quantitative estimate of drug-likeness (QED) is 0.768. The third kappa shape index (κ3) is 3.89. The largest absolute Gasteiger partial charge is 0.394 e. The van der Waals surface area contributed by atoms with Crippen LogP contribution in [-0.2, 0) is 0 Å². The van der Waals surface area contributed by atoms with Crippen LogP contribution < -0.4 is 5.32 Å². The van der Waals surface area contributed by atoms with Crippen molar-refractivity contribution >= 4 is 11.3 Å². The van der Waals surface area contributed by atoms with Crippen LogP contribution in [0.3, 0.4) is 0 Å². The highest BCUT2D eigenvalue weighted by Crippen LogP contribution is 2.24. The van der Waals surface area contributed by atoms with Crippen LogP contribution in [0.4, 0.5) is 0 Å². The lowest BCUT2D eigenvalue weighted by Crippen LogP contribution is -2.32. The smallest absolute Gasteiger partial charge is 0.0654 e. The Morgan fingerprint density at radius 3 is 2.75 bits per heavy atom. The normalized spacial score (nSPS) is 15.0. The lowest BCUT2D eigenvalue weighted by molar-refractivity contribution is 0.234. The second-order valence-corrected chi connectivity index (χ2v) is 5.36. The predicted molar refractivity (Wildman–Crippen MR) is 71.0 cm³/mol. The average Bonchev–Trinajstić information content (AvgIpc) is 2.69. The zero-order valence-corrected chi connectivity index (χ0v) is 11.3. The first-order chi connectivity index (χ1) is 7.69. The summed E-state index contributed by atoms with van der Waals surface area (Å²) in [7, 11) is 0. The van der Waals surface area contributed by atoms with E-state index in [9.17, 15) is 5.11 Å². The molecule has 1 rings (SSSR count). The molecule has 16 heavy (non-hydrogen) atoms. The number of hydrogen-bond acceptors (Lipinski definition) is 3. The van der Waals surface area contributed by atoms with Crippen molar-refractivity contribution in [2.75, 3.05) is 6.61 Å². The highest BCUT2D eigenvalue weighted by atomic mass is 32.1. The van der Waals surface area contributed by atoms with Crippen molar-refractivity contribution in [3.8, 4) is 0 Å². The van der Waals surface area contributed by atoms with Crippen LogP contribution in [0.15, 0.2) is 11.4 Å². The molecule has 2 nitrogen and oxygen atoms in total. The van der Waals surface area contributed by atoms with Crippen LogP contribution >= 0.6 is 11.3 Å². The zero-order valence-electron chi connectivity index (χ0n) is 10.5. The summed E-state index contributed by atoms with van der Waals surface area (Å²) in [6.45, 7) is 6.69. The minimum absolute atomic E-state index is 0.104. The van der Waals surface area contributed by atoms with Crippen molar-refractivity contribution in [2.24, 2.45) is 0 Å². The van der Waals surface area contributed by atoms with Crippen molar-refractivity contribution in [1.82, 2.24) is 5.32 Å². The van der Waals surface area contributed by atoms with E-state index in [1.165, 1.54) is 29.7 Å². The summed E-state index contributed by atoms with van der Waals surface area (Å²) in [6.07, 6.45) is 3.65. The SMILES string of the molecule is CCCCC(C)NC(CO)c1sccc1C. The van der Waals surface area contributed by atoms with E-state index >= 15 is 0 Å². The number of rotatable bonds is 7. The van der Waals surface area contributed by atoms with Gasteiger partial charge in [-0.1, -0.05) is 19.8 Å². The minimum Gasteiger partial charge on any atom is -0.394 e. The van der Waals surface area contributed by atoms with Gasteiger partial charge in [-0.2, -0.15) is 0 Å². The van der Waals surface area contributed by atoms with E-state index in [-0.39, 0.29) is 12.6 Å². The van der Waals surface area contributed by atoms with Crippen molar-refractivity contribution in [1.29, 1.82) is 0 Å². The van der Waals surface area contributed by atoms with Crippen molar-refractivity contribution < 1.29 is 5.11 Å². The topological polar surface area (TPSA) is 32.3 Å². The number of unbranched alkanes of at least 4 members (excludes halogenated alkanes) is 1. The number of aryl methyl sites for hydroxylation is 1. The number of nitrogens with one attached hydrogen (secondary N) is 1. The van der Waals surface area contributed by atoms with Crippen LogP contribution in [0.1, 0.15) is 49.6 Å². The second-order valence-electron chi connectivity index (χ2n) is 4.41. The third-order valence-corrected chi connectivity index (χ3v) is 4.01. The van der Waals surface area contributed by atoms with E-state index in [1.54, 1.807) is 11.3 Å². The fraction of sp³-hybridized carbons (Fsp3) is 0.692. The number of aliphatic hydroxyl groups excluding tert-OH is 1. The van der Waals surface area contributed by atoms with Gasteiger partial charge in [0.2, 0.25) is 0 Å². The standard InChI is InChI=1S/C13H23NOS/c1-4-5-6-11(3)14-12(9-15)13-10(2)7-8-16-13/h7-8,11-12,14-15H,4-6,9H2,1-3H3. The van der Waals surface area contributed by atoms with E-state index < -0.39 is 0 Å². The van der Waals surface area contributed by atoms with E-state index in [2.05, 4.69) is 37.5 Å². The van der Waals surface area contributed by atoms with Gasteiger partial charge >= 0.3 is 0 Å². The Hall–Kier alpha value is -0.380. The summed E-state index contributed by atoms with van der Waals surface area (Å²) in [6, 6.07) is 2.69. The van der Waals surface area contributed by atoms with Crippen molar-refractivity contribution in [3.05, 3.63) is 21.9 Å². The first-order valence-electron chi connectivity index (χ1n) is 6.10. The molecule has 0 amide bonds. The predicted octanol–water partition coefficient (Wildman–Crippen LogP) is 3.26. The van der Waals surface area contributed by atoms with Gasteiger partial charge in [0.05, 0.1) is 12.6 Å². The fourth-order valence-corrected chi connectivity index (χ4v) is 2.87. The summed E-state index contributed by atoms with van der Waals surface area (Å²) in [4.78, 5) is 1.27. The summed E-state index contributed by atoms with van der Waals surface area (Å²) >= 11 is 1.73. The Balaban J connectivity index is 2.52. The van der Waals surface area contributed by atoms with Gasteiger partial charge in [0.1, 0.15) is 0 Å². The highest BCUT2D eigenvalue weighted by Gasteiger charge is 2.16. The molecule has 0 saturated carbocycles. The summed E-state index contributed by atoms with van der Waals surface area (Å²) in [5, 5.41) is 15.0. The molecule has 2 atom stereocenters. The first-order valence-corrected chi connectivity index (χ1v) is 6.97. The second kappa shape index (κ2) is 7.05. The van der Waals surface area contributed by atoms with Gasteiger partial charge in [-0.05, 0) is 37.3 Å². The highest BCUT2D eigenvalue weighted by molar-refractivity contribution is 7.10. The zero-order chi connectivity index (χ0) is 12.0. The van der Waals surface area contributed by atoms with Gasteiger partial charge < -0.3 is 10.4 Å². The van der Waals surface area contributed by atoms with Crippen LogP contribution in [0.5, 0.6) is 0 Å². The van der Waals surface area contributed by atoms with Gasteiger partial charge in [0.25, 0.3) is 0 Å². The van der Waals surface area contributed by atoms with E-state index in [0.717, 1.165) is 0 Å². The van der Waals surface area contributed by atoms with Gasteiger partial charge in [-0.15, -0.1) is 11.3 Å². The Kier molecular flexibility index (Phi) is 6.03. The number of thiophene rings is 1. The molecule has 0 radical (unpaired) electrons. The molecule has 0 bridgehead atoms. The van der Waals surface area contributed by atoms with Gasteiger partial charge in [-0.25, -0.2) is 0 Å². The molecular formula is C13H23NOS. The molecule has 0 aliphatic rings. The van der Waals surface area contributed by atoms with E-state index in [1.807, 2.05) is 0 Å². The lowest BCUT2D eigenvalue weighted by Gasteiger charge is -2.21. The minimum atomic E-state index is 0.104. The van der Waals surface area contributed by atoms with Crippen LogP contribution in [0, 0.1) is 6.92 Å². The average molecular weight is 241 g/mol. The molecule has 1 aromatic heterocycles. The van der Waals surface area contributed by atoms with Crippen molar-refractivity contribution in [2.45, 2.75) is 52.1 Å². The molecule has 92 valence electrons. The molecule has 0 aromatic carbocycles. The van der Waals surface area contributed by atoms with Gasteiger partial charge in [0, 0.05) is 10.9 Å². The Bertz CT molecular complexity index is 298. The Morgan fingerprint density at radius 1 is 1.50 bits per heavy atom. The summed E-state index contributed by atoms with van der Waals surface area (Å²) in [5.41, 5.74) is 1.28. The molecule has 0 aliphatic heterocycles. The Labute approximate surface area is 103 Å². The fourth-order valence-electron chi connectivity index (χ4n) is 1.89. The number of aliphatic hydroxyl groups is 1. The summed E-state index contributed by atoms with van der Waals surface area (Å²) < 4.78 is 0. The van der Waals surface area contributed by atoms with Crippen LogP contribution in [0.25, 0.3) is 0 Å². The molecule has 0 saturated heterocycles.